The number of nitrogens with zero attached hydrogens (tertiary/aromatic N) is 2. The molecule has 0 saturated heterocycles. The Balaban J connectivity index is 1.82. The first-order chi connectivity index (χ1) is 12.4. The van der Waals surface area contributed by atoms with Crippen LogP contribution in [-0.4, -0.2) is 56.6 Å². The predicted molar refractivity (Wildman–Crippen MR) is 101 cm³/mol. The molecule has 0 bridgehead atoms. The van der Waals surface area contributed by atoms with Gasteiger partial charge in [-0.15, -0.1) is 0 Å². The molecule has 138 valence electrons. The van der Waals surface area contributed by atoms with Crippen LogP contribution < -0.4 is 9.47 Å². The van der Waals surface area contributed by atoms with Gasteiger partial charge in [0.05, 0.1) is 33.3 Å². The molecule has 5 heteroatoms. The summed E-state index contributed by atoms with van der Waals surface area (Å²) in [6.45, 7) is 1.64. The maximum atomic E-state index is 10.3. The van der Waals surface area contributed by atoms with Crippen molar-refractivity contribution in [1.29, 1.82) is 5.26 Å². The van der Waals surface area contributed by atoms with E-state index in [4.69, 9.17) is 14.7 Å². The van der Waals surface area contributed by atoms with Gasteiger partial charge in [0.15, 0.2) is 0 Å². The quantitative estimate of drug-likeness (QED) is 0.703. The molecule has 0 aromatic heterocycles. The minimum atomic E-state index is -0.604. The Kier molecular flexibility index (Phi) is 7.02. The highest BCUT2D eigenvalue weighted by atomic mass is 16.5. The molecule has 1 atom stereocenters. The summed E-state index contributed by atoms with van der Waals surface area (Å²) in [6, 6.07) is 17.2. The lowest BCUT2D eigenvalue weighted by Gasteiger charge is -2.32. The number of hydrogen-bond donors (Lipinski definition) is 1. The van der Waals surface area contributed by atoms with Crippen molar-refractivity contribution in [2.24, 2.45) is 0 Å². The normalized spacial score (nSPS) is 12.3. The number of aliphatic hydroxyl groups excluding tert-OH is 1. The number of hydrogen-bond acceptors (Lipinski definition) is 4. The Morgan fingerprint density at radius 2 is 1.81 bits per heavy atom. The van der Waals surface area contributed by atoms with Crippen LogP contribution in [0.1, 0.15) is 11.1 Å². The van der Waals surface area contributed by atoms with Crippen molar-refractivity contribution >= 4 is 0 Å². The van der Waals surface area contributed by atoms with Crippen LogP contribution in [-0.2, 0) is 6.42 Å². The molecule has 0 spiro atoms. The van der Waals surface area contributed by atoms with Crippen molar-refractivity contribution < 1.29 is 19.1 Å². The smallest absolute Gasteiger partial charge is 0.137 e. The summed E-state index contributed by atoms with van der Waals surface area (Å²) >= 11 is 0. The Labute approximate surface area is 155 Å². The van der Waals surface area contributed by atoms with Crippen LogP contribution in [0.2, 0.25) is 0 Å². The molecule has 1 unspecified atom stereocenters. The number of aliphatic hydroxyl groups is 1. The van der Waals surface area contributed by atoms with E-state index in [-0.39, 0.29) is 6.61 Å². The van der Waals surface area contributed by atoms with E-state index in [1.54, 1.807) is 25.3 Å². The molecular formula is C21H27N2O3+. The first-order valence-corrected chi connectivity index (χ1v) is 8.68. The molecule has 2 aromatic rings. The van der Waals surface area contributed by atoms with Crippen LogP contribution in [0.5, 0.6) is 11.5 Å². The maximum Gasteiger partial charge on any atom is 0.137 e. The molecule has 26 heavy (non-hydrogen) atoms. The van der Waals surface area contributed by atoms with Gasteiger partial charge in [-0.2, -0.15) is 5.26 Å². The van der Waals surface area contributed by atoms with Crippen molar-refractivity contribution in [2.45, 2.75) is 12.5 Å². The summed E-state index contributed by atoms with van der Waals surface area (Å²) in [4.78, 5) is 0. The number of nitriles is 1. The Morgan fingerprint density at radius 3 is 2.46 bits per heavy atom. The fourth-order valence-corrected chi connectivity index (χ4v) is 2.81. The minimum Gasteiger partial charge on any atom is -0.497 e. The molecule has 1 N–H and O–H groups in total. The Hall–Kier alpha value is -2.55. The van der Waals surface area contributed by atoms with Crippen molar-refractivity contribution in [2.75, 3.05) is 40.9 Å². The van der Waals surface area contributed by atoms with Gasteiger partial charge in [0.2, 0.25) is 0 Å². The third-order valence-electron chi connectivity index (χ3n) is 4.31. The average molecular weight is 355 g/mol. The molecule has 0 aliphatic carbocycles. The summed E-state index contributed by atoms with van der Waals surface area (Å²) in [5.74, 6) is 1.37. The number of ether oxygens (including phenoxy) is 2. The molecule has 0 amide bonds. The summed E-state index contributed by atoms with van der Waals surface area (Å²) in [5, 5.41) is 19.4. The number of rotatable bonds is 9. The van der Waals surface area contributed by atoms with Gasteiger partial charge in [-0.1, -0.05) is 24.3 Å². The molecule has 0 aliphatic rings. The lowest BCUT2D eigenvalue weighted by molar-refractivity contribution is -0.893. The molecule has 5 nitrogen and oxygen atoms in total. The number of methoxy groups -OCH3 is 1. The standard InChI is InChI=1S/C21H27N2O3/c1-23(2,13-12-17-8-10-20(25-3)11-9-17)15-19(24)16-26-21-7-5-4-6-18(21)14-22/h4-11,19,24H,12-13,15-16H2,1-3H3/q+1. The Bertz CT molecular complexity index is 736. The van der Waals surface area contributed by atoms with Crippen LogP contribution in [0.4, 0.5) is 0 Å². The second-order valence-electron chi connectivity index (χ2n) is 7.01. The molecule has 2 rings (SSSR count). The predicted octanol–water partition coefficient (Wildman–Crippen LogP) is 2.63. The minimum absolute atomic E-state index is 0.170. The summed E-state index contributed by atoms with van der Waals surface area (Å²) in [7, 11) is 5.85. The third-order valence-corrected chi connectivity index (χ3v) is 4.31. The van der Waals surface area contributed by atoms with Gasteiger partial charge in [0.1, 0.15) is 36.8 Å². The number of quaternary nitrogens is 1. The molecular weight excluding hydrogens is 328 g/mol. The van der Waals surface area contributed by atoms with E-state index in [1.807, 2.05) is 18.2 Å². The SMILES string of the molecule is COc1ccc(CC[N+](C)(C)CC(O)COc2ccccc2C#N)cc1. The number of para-hydroxylation sites is 1. The molecule has 0 heterocycles. The second-order valence-corrected chi connectivity index (χ2v) is 7.01. The zero-order valence-corrected chi connectivity index (χ0v) is 15.7. The highest BCUT2D eigenvalue weighted by Crippen LogP contribution is 2.17. The van der Waals surface area contributed by atoms with Crippen LogP contribution in [0.25, 0.3) is 0 Å². The van der Waals surface area contributed by atoms with Gasteiger partial charge in [0, 0.05) is 6.42 Å². The van der Waals surface area contributed by atoms with E-state index in [0.717, 1.165) is 18.7 Å². The van der Waals surface area contributed by atoms with Crippen molar-refractivity contribution in [3.8, 4) is 17.6 Å². The van der Waals surface area contributed by atoms with Gasteiger partial charge in [0.25, 0.3) is 0 Å². The highest BCUT2D eigenvalue weighted by Gasteiger charge is 2.21. The molecule has 0 saturated carbocycles. The summed E-state index contributed by atoms with van der Waals surface area (Å²) in [6.07, 6.45) is 0.314. The fraction of sp³-hybridized carbons (Fsp3) is 0.381. The third kappa shape index (κ3) is 6.07. The zero-order valence-electron chi connectivity index (χ0n) is 15.7. The van der Waals surface area contributed by atoms with Gasteiger partial charge in [-0.25, -0.2) is 0 Å². The molecule has 2 aromatic carbocycles. The van der Waals surface area contributed by atoms with E-state index in [0.29, 0.717) is 22.3 Å². The van der Waals surface area contributed by atoms with Crippen molar-refractivity contribution in [1.82, 2.24) is 0 Å². The monoisotopic (exact) mass is 355 g/mol. The number of likely N-dealkylation sites (N-methyl/N-ethyl adjacent to an activating group) is 1. The maximum absolute atomic E-state index is 10.3. The highest BCUT2D eigenvalue weighted by molar-refractivity contribution is 5.42. The van der Waals surface area contributed by atoms with Crippen LogP contribution in [0.3, 0.4) is 0 Å². The first kappa shape index (κ1) is 19.8. The fourth-order valence-electron chi connectivity index (χ4n) is 2.81. The average Bonchev–Trinajstić information content (AvgIpc) is 2.65. The van der Waals surface area contributed by atoms with E-state index in [9.17, 15) is 5.11 Å². The first-order valence-electron chi connectivity index (χ1n) is 8.68. The lowest BCUT2D eigenvalue weighted by Crippen LogP contribution is -2.48. The van der Waals surface area contributed by atoms with Crippen molar-refractivity contribution in [3.63, 3.8) is 0 Å². The van der Waals surface area contributed by atoms with Gasteiger partial charge in [-0.05, 0) is 29.8 Å². The van der Waals surface area contributed by atoms with E-state index < -0.39 is 6.10 Å². The lowest BCUT2D eigenvalue weighted by atomic mass is 10.1. The molecule has 0 radical (unpaired) electrons. The van der Waals surface area contributed by atoms with Crippen molar-refractivity contribution in [3.05, 3.63) is 59.7 Å². The number of benzene rings is 2. The zero-order chi connectivity index (χ0) is 19.0. The molecule has 0 aliphatic heterocycles. The van der Waals surface area contributed by atoms with Crippen LogP contribution in [0, 0.1) is 11.3 Å². The molecule has 0 fully saturated rings. The second kappa shape index (κ2) is 9.23. The topological polar surface area (TPSA) is 62.5 Å². The summed E-state index contributed by atoms with van der Waals surface area (Å²) in [5.41, 5.74) is 1.72. The Morgan fingerprint density at radius 1 is 1.12 bits per heavy atom. The van der Waals surface area contributed by atoms with E-state index in [2.05, 4.69) is 32.3 Å². The van der Waals surface area contributed by atoms with E-state index >= 15 is 0 Å². The van der Waals surface area contributed by atoms with E-state index in [1.165, 1.54) is 5.56 Å². The van der Waals surface area contributed by atoms with Crippen LogP contribution in [0.15, 0.2) is 48.5 Å². The van der Waals surface area contributed by atoms with Gasteiger partial charge >= 0.3 is 0 Å². The van der Waals surface area contributed by atoms with Gasteiger partial charge < -0.3 is 19.1 Å². The largest absolute Gasteiger partial charge is 0.497 e. The summed E-state index contributed by atoms with van der Waals surface area (Å²) < 4.78 is 11.5. The van der Waals surface area contributed by atoms with Crippen LogP contribution >= 0.6 is 0 Å². The van der Waals surface area contributed by atoms with Gasteiger partial charge in [-0.3, -0.25) is 0 Å².